The molecule has 2 aliphatic rings. The number of rotatable bonds is 1. The number of aldehydes is 1. The van der Waals surface area contributed by atoms with E-state index >= 15 is 0 Å². The van der Waals surface area contributed by atoms with Gasteiger partial charge >= 0.3 is 0 Å². The van der Waals surface area contributed by atoms with Gasteiger partial charge in [-0.3, -0.25) is 4.79 Å². The van der Waals surface area contributed by atoms with Crippen LogP contribution in [-0.2, 0) is 9.53 Å². The summed E-state index contributed by atoms with van der Waals surface area (Å²) in [5.74, 6) is 0.332. The van der Waals surface area contributed by atoms with Crippen molar-refractivity contribution >= 4 is 6.29 Å². The molecule has 0 N–H and O–H groups in total. The van der Waals surface area contributed by atoms with Crippen LogP contribution in [0.15, 0.2) is 36.1 Å². The van der Waals surface area contributed by atoms with Gasteiger partial charge in [0.1, 0.15) is 12.4 Å². The van der Waals surface area contributed by atoms with Crippen molar-refractivity contribution in [3.8, 4) is 0 Å². The third kappa shape index (κ3) is 1.00. The first kappa shape index (κ1) is 6.40. The number of ether oxygens (including phenoxy) is 1. The standard InChI is InChI=1S/C9H8O2/c10-6-7-1-2-8-3-4-11-9(8)5-7/h1-6,8-9H. The molecule has 1 heterocycles. The molecule has 0 radical (unpaired) electrons. The molecule has 0 bridgehead atoms. The Morgan fingerprint density at radius 2 is 2.36 bits per heavy atom. The molecule has 2 rings (SSSR count). The van der Waals surface area contributed by atoms with Gasteiger partial charge in [-0.1, -0.05) is 12.2 Å². The van der Waals surface area contributed by atoms with Gasteiger partial charge in [-0.25, -0.2) is 0 Å². The molecule has 0 fully saturated rings. The molecule has 0 saturated carbocycles. The highest BCUT2D eigenvalue weighted by Crippen LogP contribution is 2.24. The molecule has 11 heavy (non-hydrogen) atoms. The Bertz CT molecular complexity index is 261. The van der Waals surface area contributed by atoms with E-state index in [-0.39, 0.29) is 6.10 Å². The van der Waals surface area contributed by atoms with E-state index in [1.807, 2.05) is 24.3 Å². The molecule has 2 heteroatoms. The van der Waals surface area contributed by atoms with Crippen molar-refractivity contribution in [3.05, 3.63) is 36.1 Å². The number of hydrogen-bond acceptors (Lipinski definition) is 2. The van der Waals surface area contributed by atoms with Crippen LogP contribution >= 0.6 is 0 Å². The largest absolute Gasteiger partial charge is 0.493 e. The monoisotopic (exact) mass is 148 g/mol. The SMILES string of the molecule is O=CC1=CC2OC=CC2C=C1. The first-order valence-electron chi connectivity index (χ1n) is 3.57. The zero-order valence-corrected chi connectivity index (χ0v) is 5.94. The van der Waals surface area contributed by atoms with E-state index in [4.69, 9.17) is 4.74 Å². The molecule has 0 aromatic heterocycles. The molecule has 0 aromatic carbocycles. The highest BCUT2D eigenvalue weighted by Gasteiger charge is 2.22. The van der Waals surface area contributed by atoms with Crippen LogP contribution in [0.3, 0.4) is 0 Å². The van der Waals surface area contributed by atoms with Gasteiger partial charge in [0.15, 0.2) is 0 Å². The molecular formula is C9H8O2. The van der Waals surface area contributed by atoms with Gasteiger partial charge in [-0.2, -0.15) is 0 Å². The van der Waals surface area contributed by atoms with Gasteiger partial charge in [0.05, 0.1) is 6.26 Å². The van der Waals surface area contributed by atoms with E-state index in [1.54, 1.807) is 6.26 Å². The molecule has 0 aromatic rings. The maximum atomic E-state index is 10.4. The van der Waals surface area contributed by atoms with Crippen LogP contribution in [0.25, 0.3) is 0 Å². The summed E-state index contributed by atoms with van der Waals surface area (Å²) >= 11 is 0. The van der Waals surface area contributed by atoms with Crippen molar-refractivity contribution in [2.24, 2.45) is 5.92 Å². The summed E-state index contributed by atoms with van der Waals surface area (Å²) in [5, 5.41) is 0. The number of allylic oxidation sites excluding steroid dienone is 2. The van der Waals surface area contributed by atoms with Crippen LogP contribution in [0.4, 0.5) is 0 Å². The molecule has 56 valence electrons. The predicted molar refractivity (Wildman–Crippen MR) is 40.8 cm³/mol. The second-order valence-electron chi connectivity index (χ2n) is 2.65. The molecule has 2 atom stereocenters. The fraction of sp³-hybridized carbons (Fsp3) is 0.222. The summed E-state index contributed by atoms with van der Waals surface area (Å²) in [6.07, 6.45) is 10.2. The minimum absolute atomic E-state index is 0.0557. The first-order valence-corrected chi connectivity index (χ1v) is 3.57. The molecule has 0 saturated heterocycles. The van der Waals surface area contributed by atoms with Crippen molar-refractivity contribution in [2.45, 2.75) is 6.10 Å². The summed E-state index contributed by atoms with van der Waals surface area (Å²) < 4.78 is 5.22. The van der Waals surface area contributed by atoms with E-state index in [2.05, 4.69) is 0 Å². The van der Waals surface area contributed by atoms with E-state index in [0.717, 1.165) is 6.29 Å². The fourth-order valence-corrected chi connectivity index (χ4v) is 1.30. The lowest BCUT2D eigenvalue weighted by Gasteiger charge is -2.15. The maximum Gasteiger partial charge on any atom is 0.149 e. The highest BCUT2D eigenvalue weighted by atomic mass is 16.5. The Morgan fingerprint density at radius 1 is 1.45 bits per heavy atom. The van der Waals surface area contributed by atoms with Gasteiger partial charge in [0.25, 0.3) is 0 Å². The smallest absolute Gasteiger partial charge is 0.149 e. The van der Waals surface area contributed by atoms with Gasteiger partial charge in [0, 0.05) is 11.5 Å². The molecular weight excluding hydrogens is 140 g/mol. The van der Waals surface area contributed by atoms with Crippen molar-refractivity contribution in [3.63, 3.8) is 0 Å². The lowest BCUT2D eigenvalue weighted by atomic mass is 9.96. The number of fused-ring (bicyclic) bond motifs is 1. The number of hydrogen-bond donors (Lipinski definition) is 0. The Morgan fingerprint density at radius 3 is 3.18 bits per heavy atom. The summed E-state index contributed by atoms with van der Waals surface area (Å²) in [7, 11) is 0. The molecule has 2 unspecified atom stereocenters. The fourth-order valence-electron chi connectivity index (χ4n) is 1.30. The molecule has 0 amide bonds. The average molecular weight is 148 g/mol. The van der Waals surface area contributed by atoms with Gasteiger partial charge in [0.2, 0.25) is 0 Å². The van der Waals surface area contributed by atoms with Gasteiger partial charge in [-0.15, -0.1) is 0 Å². The predicted octanol–water partition coefficient (Wildman–Crippen LogP) is 1.21. The van der Waals surface area contributed by atoms with Gasteiger partial charge in [-0.05, 0) is 12.2 Å². The topological polar surface area (TPSA) is 26.3 Å². The Labute approximate surface area is 64.9 Å². The Balaban J connectivity index is 2.24. The quantitative estimate of drug-likeness (QED) is 0.522. The van der Waals surface area contributed by atoms with Crippen LogP contribution < -0.4 is 0 Å². The zero-order valence-electron chi connectivity index (χ0n) is 5.94. The summed E-state index contributed by atoms with van der Waals surface area (Å²) in [6.45, 7) is 0. The molecule has 2 nitrogen and oxygen atoms in total. The van der Waals surface area contributed by atoms with Crippen molar-refractivity contribution in [2.75, 3.05) is 0 Å². The van der Waals surface area contributed by atoms with Crippen LogP contribution in [0.2, 0.25) is 0 Å². The van der Waals surface area contributed by atoms with Gasteiger partial charge < -0.3 is 4.74 Å². The second-order valence-corrected chi connectivity index (χ2v) is 2.65. The third-order valence-corrected chi connectivity index (χ3v) is 1.92. The molecule has 1 aliphatic carbocycles. The average Bonchev–Trinajstić information content (AvgIpc) is 2.50. The molecule has 0 spiro atoms. The normalized spacial score (nSPS) is 32.5. The third-order valence-electron chi connectivity index (χ3n) is 1.92. The van der Waals surface area contributed by atoms with E-state index in [0.29, 0.717) is 11.5 Å². The Kier molecular flexibility index (Phi) is 1.39. The lowest BCUT2D eigenvalue weighted by Crippen LogP contribution is -2.15. The lowest BCUT2D eigenvalue weighted by molar-refractivity contribution is -0.104. The summed E-state index contributed by atoms with van der Waals surface area (Å²) in [4.78, 5) is 10.4. The van der Waals surface area contributed by atoms with Crippen LogP contribution in [-0.4, -0.2) is 12.4 Å². The number of carbonyl (C=O) groups excluding carboxylic acids is 1. The van der Waals surface area contributed by atoms with E-state index in [9.17, 15) is 4.79 Å². The zero-order chi connectivity index (χ0) is 7.68. The van der Waals surface area contributed by atoms with Crippen molar-refractivity contribution in [1.82, 2.24) is 0 Å². The second kappa shape index (κ2) is 2.38. The summed E-state index contributed by atoms with van der Waals surface area (Å²) in [6, 6.07) is 0. The maximum absolute atomic E-state index is 10.4. The Hall–Kier alpha value is -1.31. The minimum atomic E-state index is 0.0557. The van der Waals surface area contributed by atoms with Crippen molar-refractivity contribution in [1.29, 1.82) is 0 Å². The van der Waals surface area contributed by atoms with E-state index < -0.39 is 0 Å². The van der Waals surface area contributed by atoms with Crippen LogP contribution in [0.1, 0.15) is 0 Å². The van der Waals surface area contributed by atoms with Crippen LogP contribution in [0.5, 0.6) is 0 Å². The number of carbonyl (C=O) groups is 1. The summed E-state index contributed by atoms with van der Waals surface area (Å²) in [5.41, 5.74) is 0.704. The minimum Gasteiger partial charge on any atom is -0.493 e. The first-order chi connectivity index (χ1) is 5.40. The molecule has 1 aliphatic heterocycles. The van der Waals surface area contributed by atoms with Crippen LogP contribution in [0, 0.1) is 5.92 Å². The van der Waals surface area contributed by atoms with E-state index in [1.165, 1.54) is 0 Å². The highest BCUT2D eigenvalue weighted by molar-refractivity contribution is 5.78. The van der Waals surface area contributed by atoms with Crippen molar-refractivity contribution < 1.29 is 9.53 Å².